The Balaban J connectivity index is 1.69. The standard InChI is InChI=1S/C18H17Cl2NO2/c19-16-10-6-11-17(20)15(16)9-4-5-12-21-18(22)23-13-14-7-2-1-3-8-14/h1-4,6-11H,5,12-13H2,(H,21,22). The zero-order valence-electron chi connectivity index (χ0n) is 12.5. The van der Waals surface area contributed by atoms with E-state index in [0.717, 1.165) is 11.1 Å². The molecule has 0 spiro atoms. The summed E-state index contributed by atoms with van der Waals surface area (Å²) in [4.78, 5) is 11.6. The van der Waals surface area contributed by atoms with E-state index in [1.807, 2.05) is 42.5 Å². The monoisotopic (exact) mass is 349 g/mol. The molecule has 120 valence electrons. The summed E-state index contributed by atoms with van der Waals surface area (Å²) < 4.78 is 5.11. The summed E-state index contributed by atoms with van der Waals surface area (Å²) in [6.45, 7) is 0.740. The van der Waals surface area contributed by atoms with Crippen molar-refractivity contribution in [2.24, 2.45) is 0 Å². The highest BCUT2D eigenvalue weighted by molar-refractivity contribution is 6.37. The zero-order chi connectivity index (χ0) is 16.5. The molecule has 0 aliphatic rings. The van der Waals surface area contributed by atoms with Crippen LogP contribution in [0.25, 0.3) is 6.08 Å². The van der Waals surface area contributed by atoms with Crippen molar-refractivity contribution in [3.8, 4) is 0 Å². The average molecular weight is 350 g/mol. The fraction of sp³-hybridized carbons (Fsp3) is 0.167. The highest BCUT2D eigenvalue weighted by Crippen LogP contribution is 2.25. The topological polar surface area (TPSA) is 38.3 Å². The molecule has 0 aliphatic heterocycles. The molecule has 2 aromatic carbocycles. The number of alkyl carbamates (subject to hydrolysis) is 1. The molecule has 0 saturated carbocycles. The molecule has 0 aromatic heterocycles. The molecule has 2 aromatic rings. The number of nitrogens with one attached hydrogen (secondary N) is 1. The smallest absolute Gasteiger partial charge is 0.407 e. The number of halogens is 2. The lowest BCUT2D eigenvalue weighted by Gasteiger charge is -2.06. The van der Waals surface area contributed by atoms with Gasteiger partial charge in [0.1, 0.15) is 6.61 Å². The molecular weight excluding hydrogens is 333 g/mol. The van der Waals surface area contributed by atoms with Gasteiger partial charge in [-0.2, -0.15) is 0 Å². The number of hydrogen-bond donors (Lipinski definition) is 1. The molecule has 0 fully saturated rings. The first-order valence-corrected chi connectivity index (χ1v) is 7.97. The average Bonchev–Trinajstić information content (AvgIpc) is 2.56. The fourth-order valence-electron chi connectivity index (χ4n) is 1.90. The van der Waals surface area contributed by atoms with Crippen LogP contribution in [0.5, 0.6) is 0 Å². The highest BCUT2D eigenvalue weighted by atomic mass is 35.5. The van der Waals surface area contributed by atoms with Gasteiger partial charge in [-0.3, -0.25) is 0 Å². The highest BCUT2D eigenvalue weighted by Gasteiger charge is 2.02. The Morgan fingerprint density at radius 2 is 1.74 bits per heavy atom. The second-order valence-electron chi connectivity index (χ2n) is 4.81. The first-order valence-electron chi connectivity index (χ1n) is 7.22. The zero-order valence-corrected chi connectivity index (χ0v) is 14.0. The summed E-state index contributed by atoms with van der Waals surface area (Å²) in [5.74, 6) is 0. The van der Waals surface area contributed by atoms with Crippen LogP contribution in [0.1, 0.15) is 17.5 Å². The number of carbonyl (C=O) groups excluding carboxylic acids is 1. The van der Waals surface area contributed by atoms with Crippen molar-refractivity contribution in [2.75, 3.05) is 6.54 Å². The van der Waals surface area contributed by atoms with Gasteiger partial charge in [0.15, 0.2) is 0 Å². The van der Waals surface area contributed by atoms with E-state index < -0.39 is 6.09 Å². The second kappa shape index (κ2) is 9.23. The van der Waals surface area contributed by atoms with Gasteiger partial charge in [0.25, 0.3) is 0 Å². The summed E-state index contributed by atoms with van der Waals surface area (Å²) in [5.41, 5.74) is 1.73. The Hall–Kier alpha value is -1.97. The van der Waals surface area contributed by atoms with Crippen molar-refractivity contribution in [3.63, 3.8) is 0 Å². The molecular formula is C18H17Cl2NO2. The van der Waals surface area contributed by atoms with Gasteiger partial charge in [0, 0.05) is 22.2 Å². The van der Waals surface area contributed by atoms with Gasteiger partial charge >= 0.3 is 6.09 Å². The van der Waals surface area contributed by atoms with E-state index >= 15 is 0 Å². The number of hydrogen-bond acceptors (Lipinski definition) is 2. The molecule has 2 rings (SSSR count). The number of carbonyl (C=O) groups is 1. The van der Waals surface area contributed by atoms with Crippen LogP contribution < -0.4 is 5.32 Å². The van der Waals surface area contributed by atoms with E-state index in [1.54, 1.807) is 18.2 Å². The summed E-state index contributed by atoms with van der Waals surface area (Å²) >= 11 is 12.1. The normalized spacial score (nSPS) is 10.7. The molecule has 0 bridgehead atoms. The molecule has 23 heavy (non-hydrogen) atoms. The third-order valence-corrected chi connectivity index (χ3v) is 3.74. The first kappa shape index (κ1) is 17.4. The maximum Gasteiger partial charge on any atom is 0.407 e. The van der Waals surface area contributed by atoms with Gasteiger partial charge in [0.05, 0.1) is 0 Å². The summed E-state index contributed by atoms with van der Waals surface area (Å²) in [7, 11) is 0. The molecule has 0 heterocycles. The molecule has 1 amide bonds. The van der Waals surface area contributed by atoms with Crippen molar-refractivity contribution in [2.45, 2.75) is 13.0 Å². The second-order valence-corrected chi connectivity index (χ2v) is 5.63. The summed E-state index contributed by atoms with van der Waals surface area (Å²) in [5, 5.41) is 3.89. The quantitative estimate of drug-likeness (QED) is 0.716. The minimum atomic E-state index is -0.432. The fourth-order valence-corrected chi connectivity index (χ4v) is 2.43. The van der Waals surface area contributed by atoms with Crippen LogP contribution in [0.4, 0.5) is 4.79 Å². The Bertz CT molecular complexity index is 652. The lowest BCUT2D eigenvalue weighted by atomic mass is 10.2. The van der Waals surface area contributed by atoms with E-state index in [-0.39, 0.29) is 6.61 Å². The lowest BCUT2D eigenvalue weighted by Crippen LogP contribution is -2.24. The van der Waals surface area contributed by atoms with E-state index in [2.05, 4.69) is 5.32 Å². The van der Waals surface area contributed by atoms with E-state index in [0.29, 0.717) is 23.0 Å². The van der Waals surface area contributed by atoms with E-state index in [4.69, 9.17) is 27.9 Å². The summed E-state index contributed by atoms with van der Waals surface area (Å²) in [6, 6.07) is 14.9. The van der Waals surface area contributed by atoms with Gasteiger partial charge in [0.2, 0.25) is 0 Å². The van der Waals surface area contributed by atoms with Crippen LogP contribution in [0, 0.1) is 0 Å². The van der Waals surface area contributed by atoms with Crippen LogP contribution in [0.3, 0.4) is 0 Å². The minimum Gasteiger partial charge on any atom is -0.445 e. The maximum absolute atomic E-state index is 11.6. The van der Waals surface area contributed by atoms with Gasteiger partial charge in [-0.25, -0.2) is 4.79 Å². The third-order valence-electron chi connectivity index (χ3n) is 3.08. The van der Waals surface area contributed by atoms with Crippen molar-refractivity contribution < 1.29 is 9.53 Å². The first-order chi connectivity index (χ1) is 11.2. The lowest BCUT2D eigenvalue weighted by molar-refractivity contribution is 0.140. The van der Waals surface area contributed by atoms with Crippen LogP contribution in [-0.4, -0.2) is 12.6 Å². The van der Waals surface area contributed by atoms with Gasteiger partial charge in [-0.05, 0) is 24.1 Å². The van der Waals surface area contributed by atoms with Crippen LogP contribution >= 0.6 is 23.2 Å². The maximum atomic E-state index is 11.6. The molecule has 5 heteroatoms. The van der Waals surface area contributed by atoms with Crippen LogP contribution in [-0.2, 0) is 11.3 Å². The van der Waals surface area contributed by atoms with Crippen molar-refractivity contribution in [1.82, 2.24) is 5.32 Å². The number of benzene rings is 2. The predicted molar refractivity (Wildman–Crippen MR) is 94.7 cm³/mol. The third kappa shape index (κ3) is 5.97. The predicted octanol–water partition coefficient (Wildman–Crippen LogP) is 5.32. The van der Waals surface area contributed by atoms with E-state index in [1.165, 1.54) is 0 Å². The number of ether oxygens (including phenoxy) is 1. The van der Waals surface area contributed by atoms with Crippen LogP contribution in [0.2, 0.25) is 10.0 Å². The van der Waals surface area contributed by atoms with Crippen LogP contribution in [0.15, 0.2) is 54.6 Å². The Morgan fingerprint density at radius 3 is 2.43 bits per heavy atom. The molecule has 3 nitrogen and oxygen atoms in total. The van der Waals surface area contributed by atoms with Gasteiger partial charge < -0.3 is 10.1 Å². The van der Waals surface area contributed by atoms with Gasteiger partial charge in [-0.15, -0.1) is 0 Å². The summed E-state index contributed by atoms with van der Waals surface area (Å²) in [6.07, 6.45) is 3.98. The molecule has 0 atom stereocenters. The van der Waals surface area contributed by atoms with Crippen molar-refractivity contribution in [3.05, 3.63) is 75.8 Å². The Morgan fingerprint density at radius 1 is 1.04 bits per heavy atom. The van der Waals surface area contributed by atoms with Crippen molar-refractivity contribution in [1.29, 1.82) is 0 Å². The molecule has 0 saturated heterocycles. The van der Waals surface area contributed by atoms with Gasteiger partial charge in [-0.1, -0.05) is 71.8 Å². The molecule has 0 unspecified atom stereocenters. The SMILES string of the molecule is O=C(NCCC=Cc1c(Cl)cccc1Cl)OCc1ccccc1. The minimum absolute atomic E-state index is 0.262. The van der Waals surface area contributed by atoms with E-state index in [9.17, 15) is 4.79 Å². The van der Waals surface area contributed by atoms with Crippen molar-refractivity contribution >= 4 is 35.4 Å². The molecule has 0 radical (unpaired) electrons. The Labute approximate surface area is 145 Å². The largest absolute Gasteiger partial charge is 0.445 e. The molecule has 1 N–H and O–H groups in total. The molecule has 0 aliphatic carbocycles. The number of rotatable bonds is 6. The number of amides is 1. The Kier molecular flexibility index (Phi) is 6.98.